The molecule has 2 rings (SSSR count). The number of rotatable bonds is 3. The number of hydrogen-bond acceptors (Lipinski definition) is 3. The Morgan fingerprint density at radius 2 is 1.39 bits per heavy atom. The molecule has 0 unspecified atom stereocenters. The van der Waals surface area contributed by atoms with Crippen LogP contribution in [0.25, 0.3) is 10.3 Å². The zero-order valence-electron chi connectivity index (χ0n) is 18.6. The van der Waals surface area contributed by atoms with Crippen LogP contribution in [-0.4, -0.2) is 21.0 Å². The summed E-state index contributed by atoms with van der Waals surface area (Å²) in [5, 5.41) is 9.15. The average Bonchev–Trinajstić information content (AvgIpc) is 2.46. The van der Waals surface area contributed by atoms with E-state index in [9.17, 15) is 4.79 Å². The predicted molar refractivity (Wildman–Crippen MR) is 117 cm³/mol. The molecule has 28 heavy (non-hydrogen) atoms. The van der Waals surface area contributed by atoms with Crippen LogP contribution in [0.1, 0.15) is 11.1 Å². The first-order valence-electron chi connectivity index (χ1n) is 8.48. The summed E-state index contributed by atoms with van der Waals surface area (Å²) in [4.78, 5) is 11.8. The van der Waals surface area contributed by atoms with Gasteiger partial charge in [0.25, 0.3) is 5.56 Å². The van der Waals surface area contributed by atoms with Crippen molar-refractivity contribution in [1.82, 2.24) is 4.57 Å². The normalized spacial score (nSPS) is 10.5. The van der Waals surface area contributed by atoms with Crippen molar-refractivity contribution >= 4 is 29.1 Å². The van der Waals surface area contributed by atoms with Crippen LogP contribution in [0.3, 0.4) is 0 Å². The molecule has 4 nitrogen and oxygen atoms in total. The molecule has 0 radical (unpaired) electrons. The van der Waals surface area contributed by atoms with Crippen molar-refractivity contribution in [3.8, 4) is 11.8 Å². The molecular weight excluding hydrogens is 420 g/mol. The molecule has 1 heterocycles. The van der Waals surface area contributed by atoms with Crippen molar-refractivity contribution in [2.45, 2.75) is 51.2 Å². The Morgan fingerprint density at radius 3 is 1.75 bits per heavy atom. The predicted octanol–water partition coefficient (Wildman–Crippen LogP) is -1.04. The van der Waals surface area contributed by atoms with Crippen molar-refractivity contribution in [2.75, 3.05) is 0 Å². The Bertz CT molecular complexity index is 840. The first kappa shape index (κ1) is 30.5. The molecule has 0 saturated heterocycles. The first-order valence-corrected chi connectivity index (χ1v) is 15.8. The largest absolute Gasteiger partial charge is 1.00 e. The maximum absolute atomic E-state index is 11.8. The number of nitrogens with zero attached hydrogens (tertiary/aromatic N) is 3. The summed E-state index contributed by atoms with van der Waals surface area (Å²) in [5.41, 5.74) is 1.89. The number of pyridine rings is 1. The summed E-state index contributed by atoms with van der Waals surface area (Å²) in [5.74, 6) is 0. The van der Waals surface area contributed by atoms with Gasteiger partial charge in [-0.15, -0.1) is 0 Å². The summed E-state index contributed by atoms with van der Waals surface area (Å²) >= 11 is 5.13. The van der Waals surface area contributed by atoms with E-state index in [1.165, 1.54) is 16.7 Å². The van der Waals surface area contributed by atoms with Crippen LogP contribution in [-0.2, 0) is 12.6 Å². The number of aromatic nitrogens is 1. The third-order valence-electron chi connectivity index (χ3n) is 3.13. The van der Waals surface area contributed by atoms with Crippen molar-refractivity contribution in [1.29, 1.82) is 5.26 Å². The van der Waals surface area contributed by atoms with Crippen LogP contribution in [0.15, 0.2) is 46.2 Å². The van der Waals surface area contributed by atoms with Gasteiger partial charge in [0.05, 0.1) is 6.07 Å². The minimum absolute atomic E-state index is 0. The van der Waals surface area contributed by atoms with Gasteiger partial charge in [-0.1, -0.05) is 78.5 Å². The molecule has 0 aliphatic heterocycles. The summed E-state index contributed by atoms with van der Waals surface area (Å²) in [6.45, 7) is 15.7. The third kappa shape index (κ3) is 10.9. The minimum atomic E-state index is -1.11. The van der Waals surface area contributed by atoms with E-state index < -0.39 is 16.5 Å². The second-order valence-corrected chi connectivity index (χ2v) is 18.1. The fourth-order valence-electron chi connectivity index (χ4n) is 2.55. The van der Waals surface area contributed by atoms with E-state index in [1.807, 2.05) is 37.3 Å². The molecule has 0 aliphatic carbocycles. The second kappa shape index (κ2) is 12.9. The van der Waals surface area contributed by atoms with Crippen LogP contribution in [0.4, 0.5) is 0 Å². The van der Waals surface area contributed by atoms with E-state index in [2.05, 4.69) is 39.3 Å². The van der Waals surface area contributed by atoms with E-state index in [0.717, 1.165) is 5.56 Å². The molecular formula is C19H27N3Na2OSSi2. The van der Waals surface area contributed by atoms with Gasteiger partial charge in [-0.3, -0.25) is 4.79 Å². The minimum Gasteiger partial charge on any atom is -0.760 e. The van der Waals surface area contributed by atoms with Crippen LogP contribution < -0.4 is 64.7 Å². The van der Waals surface area contributed by atoms with Gasteiger partial charge in [0.1, 0.15) is 0 Å². The molecule has 9 heteroatoms. The van der Waals surface area contributed by atoms with Gasteiger partial charge in [-0.25, -0.2) is 0 Å². The molecule has 0 aliphatic rings. The van der Waals surface area contributed by atoms with Crippen LogP contribution in [0.5, 0.6) is 0 Å². The molecule has 1 aromatic carbocycles. The Balaban J connectivity index is 0. The van der Waals surface area contributed by atoms with E-state index >= 15 is 0 Å². The summed E-state index contributed by atoms with van der Waals surface area (Å²) < 4.78 is 6.19. The maximum Gasteiger partial charge on any atom is 1.00 e. The Kier molecular flexibility index (Phi) is 14.0. The smallest absolute Gasteiger partial charge is 0.760 e. The Hall–Kier alpha value is 0.274. The molecule has 2 aromatic rings. The molecule has 140 valence electrons. The van der Waals surface area contributed by atoms with Crippen molar-refractivity contribution < 1.29 is 59.1 Å². The number of aryl methyl sites for hydroxylation is 1. The van der Waals surface area contributed by atoms with E-state index in [0.29, 0.717) is 11.3 Å². The first-order chi connectivity index (χ1) is 11.8. The van der Waals surface area contributed by atoms with Crippen molar-refractivity contribution in [3.63, 3.8) is 0 Å². The quantitative estimate of drug-likeness (QED) is 0.446. The molecule has 0 spiro atoms. The van der Waals surface area contributed by atoms with Crippen LogP contribution in [0, 0.1) is 18.3 Å². The summed E-state index contributed by atoms with van der Waals surface area (Å²) in [6, 6.07) is 12.2. The van der Waals surface area contributed by atoms with E-state index in [4.69, 9.17) is 22.5 Å². The second-order valence-electron chi connectivity index (χ2n) is 8.13. The molecule has 0 saturated carbocycles. The molecule has 0 bridgehead atoms. The van der Waals surface area contributed by atoms with Gasteiger partial charge in [0, 0.05) is 17.3 Å². The number of hydrogen-bond donors (Lipinski definition) is 0. The molecule has 1 aromatic heterocycles. The SMILES string of the molecule is C[Si](C)(C)[N-][Si](C)(C)C.Cc1ccc(-n2c([S-])c(C#N)ccc2=O)cc1.[Na+].[Na+]. The van der Waals surface area contributed by atoms with Gasteiger partial charge in [0.2, 0.25) is 0 Å². The van der Waals surface area contributed by atoms with Gasteiger partial charge in [-0.05, 0) is 25.1 Å². The van der Waals surface area contributed by atoms with Gasteiger partial charge < -0.3 is 21.8 Å². The fourth-order valence-corrected chi connectivity index (χ4v) is 10.9. The summed E-state index contributed by atoms with van der Waals surface area (Å²) in [7, 11) is -2.21. The van der Waals surface area contributed by atoms with Gasteiger partial charge in [0.15, 0.2) is 0 Å². The van der Waals surface area contributed by atoms with E-state index in [-0.39, 0.29) is 69.7 Å². The van der Waals surface area contributed by atoms with Crippen LogP contribution >= 0.6 is 0 Å². The van der Waals surface area contributed by atoms with Crippen molar-refractivity contribution in [3.05, 3.63) is 62.5 Å². The standard InChI is InChI=1S/C13H10N2OS.C6H18NSi2.2Na/c1-9-2-5-11(6-3-9)15-12(16)7-4-10(8-14)13(15)17;1-8(2,3)7-9(4,5)6;;/h2-7,17H,1H3;1-6H3;;/q;-1;2*+1/p-1. The van der Waals surface area contributed by atoms with Gasteiger partial charge >= 0.3 is 59.1 Å². The third-order valence-corrected chi connectivity index (χ3v) is 8.90. The molecule has 0 atom stereocenters. The Labute approximate surface area is 221 Å². The van der Waals surface area contributed by atoms with Crippen molar-refractivity contribution in [2.24, 2.45) is 0 Å². The Morgan fingerprint density at radius 1 is 0.929 bits per heavy atom. The number of benzene rings is 1. The fraction of sp³-hybridized carbons (Fsp3) is 0.368. The zero-order valence-corrected chi connectivity index (χ0v) is 25.4. The monoisotopic (exact) mass is 447 g/mol. The molecule has 0 amide bonds. The maximum atomic E-state index is 11.8. The van der Waals surface area contributed by atoms with E-state index in [1.54, 1.807) is 0 Å². The summed E-state index contributed by atoms with van der Waals surface area (Å²) in [6.07, 6.45) is 0. The zero-order chi connectivity index (χ0) is 20.1. The topological polar surface area (TPSA) is 59.9 Å². The molecule has 0 N–H and O–H groups in total. The van der Waals surface area contributed by atoms with Crippen LogP contribution in [0.2, 0.25) is 39.3 Å². The average molecular weight is 448 g/mol. The molecule has 0 fully saturated rings. The van der Waals surface area contributed by atoms with Gasteiger partial charge in [-0.2, -0.15) is 5.26 Å². The number of nitriles is 1.